The topological polar surface area (TPSA) is 9.23 Å². The van der Waals surface area contributed by atoms with Crippen LogP contribution in [0.1, 0.15) is 34.2 Å². The summed E-state index contributed by atoms with van der Waals surface area (Å²) in [6, 6.07) is 13.1. The number of aryl methyl sites for hydroxylation is 3. The van der Waals surface area contributed by atoms with Crippen LogP contribution in [-0.2, 0) is 24.8 Å². The monoisotopic (exact) mass is 330 g/mol. The zero-order valence-electron chi connectivity index (χ0n) is 11.8. The molecule has 0 aromatic heterocycles. The lowest BCUT2D eigenvalue weighted by molar-refractivity contribution is 0.301. The van der Waals surface area contributed by atoms with Gasteiger partial charge in [-0.3, -0.25) is 0 Å². The molecular formula is C18H19BrO. The summed E-state index contributed by atoms with van der Waals surface area (Å²) in [6.45, 7) is 2.75. The van der Waals surface area contributed by atoms with Crippen LogP contribution in [0.25, 0.3) is 0 Å². The third-order valence-electron chi connectivity index (χ3n) is 3.98. The summed E-state index contributed by atoms with van der Waals surface area (Å²) >= 11 is 3.53. The second kappa shape index (κ2) is 6.01. The number of halogens is 1. The molecular weight excluding hydrogens is 312 g/mol. The van der Waals surface area contributed by atoms with E-state index in [1.165, 1.54) is 47.1 Å². The average molecular weight is 331 g/mol. The number of rotatable bonds is 4. The summed E-state index contributed by atoms with van der Waals surface area (Å²) in [4.78, 5) is 0. The third-order valence-corrected chi connectivity index (χ3v) is 4.59. The molecule has 1 nitrogen and oxygen atoms in total. The fourth-order valence-electron chi connectivity index (χ4n) is 2.90. The maximum absolute atomic E-state index is 6.07. The van der Waals surface area contributed by atoms with Crippen LogP contribution in [0.15, 0.2) is 36.4 Å². The van der Waals surface area contributed by atoms with Gasteiger partial charge in [-0.05, 0) is 48.4 Å². The fraction of sp³-hybridized carbons (Fsp3) is 0.333. The molecule has 0 aliphatic heterocycles. The lowest BCUT2D eigenvalue weighted by atomic mass is 10.1. The Kier molecular flexibility index (Phi) is 4.11. The summed E-state index contributed by atoms with van der Waals surface area (Å²) in [5.74, 6) is 1.02. The largest absolute Gasteiger partial charge is 0.488 e. The number of hydrogen-bond acceptors (Lipinski definition) is 1. The molecule has 0 unspecified atom stereocenters. The second-order valence-electron chi connectivity index (χ2n) is 5.44. The van der Waals surface area contributed by atoms with Gasteiger partial charge < -0.3 is 4.74 Å². The highest BCUT2D eigenvalue weighted by atomic mass is 79.9. The Hall–Kier alpha value is -1.28. The van der Waals surface area contributed by atoms with Gasteiger partial charge in [-0.15, -0.1) is 0 Å². The minimum atomic E-state index is 0.651. The van der Waals surface area contributed by atoms with E-state index in [9.17, 15) is 0 Å². The molecule has 0 amide bonds. The molecule has 0 bridgehead atoms. The maximum atomic E-state index is 6.07. The number of hydrogen-bond donors (Lipinski definition) is 0. The predicted molar refractivity (Wildman–Crippen MR) is 86.6 cm³/mol. The lowest BCUT2D eigenvalue weighted by Gasteiger charge is -2.13. The van der Waals surface area contributed by atoms with Crippen molar-refractivity contribution in [3.63, 3.8) is 0 Å². The van der Waals surface area contributed by atoms with Crippen LogP contribution in [0.2, 0.25) is 0 Å². The number of para-hydroxylation sites is 1. The molecule has 0 radical (unpaired) electrons. The third kappa shape index (κ3) is 2.76. The Morgan fingerprint density at radius 3 is 2.80 bits per heavy atom. The van der Waals surface area contributed by atoms with E-state index in [4.69, 9.17) is 4.74 Å². The first kappa shape index (κ1) is 13.7. The van der Waals surface area contributed by atoms with E-state index in [2.05, 4.69) is 59.3 Å². The van der Waals surface area contributed by atoms with E-state index in [1.54, 1.807) is 0 Å². The molecule has 3 rings (SSSR count). The highest BCUT2D eigenvalue weighted by Crippen LogP contribution is 2.27. The van der Waals surface area contributed by atoms with E-state index in [1.807, 2.05) is 0 Å². The normalized spacial score (nSPS) is 13.3. The van der Waals surface area contributed by atoms with E-state index < -0.39 is 0 Å². The smallest absolute Gasteiger partial charge is 0.126 e. The number of ether oxygens (including phenoxy) is 1. The van der Waals surface area contributed by atoms with Gasteiger partial charge in [0.2, 0.25) is 0 Å². The van der Waals surface area contributed by atoms with Crippen LogP contribution in [0.5, 0.6) is 5.75 Å². The first-order chi connectivity index (χ1) is 9.78. The molecule has 0 saturated heterocycles. The minimum absolute atomic E-state index is 0.651. The van der Waals surface area contributed by atoms with Gasteiger partial charge in [0.25, 0.3) is 0 Å². The maximum Gasteiger partial charge on any atom is 0.126 e. The minimum Gasteiger partial charge on any atom is -0.488 e. The van der Waals surface area contributed by atoms with Crippen molar-refractivity contribution in [3.05, 3.63) is 64.2 Å². The van der Waals surface area contributed by atoms with Gasteiger partial charge in [-0.1, -0.05) is 52.3 Å². The highest BCUT2D eigenvalue weighted by molar-refractivity contribution is 9.08. The van der Waals surface area contributed by atoms with Gasteiger partial charge in [0, 0.05) is 10.9 Å². The molecule has 0 N–H and O–H groups in total. The van der Waals surface area contributed by atoms with Gasteiger partial charge in [-0.25, -0.2) is 0 Å². The highest BCUT2D eigenvalue weighted by Gasteiger charge is 2.11. The van der Waals surface area contributed by atoms with Gasteiger partial charge in [0.1, 0.15) is 12.4 Å². The first-order valence-corrected chi connectivity index (χ1v) is 8.28. The van der Waals surface area contributed by atoms with Gasteiger partial charge in [0.15, 0.2) is 0 Å². The molecule has 0 fully saturated rings. The van der Waals surface area contributed by atoms with Gasteiger partial charge >= 0.3 is 0 Å². The summed E-state index contributed by atoms with van der Waals surface area (Å²) < 4.78 is 6.07. The van der Waals surface area contributed by atoms with Gasteiger partial charge in [-0.2, -0.15) is 0 Å². The number of alkyl halides is 1. The molecule has 0 atom stereocenters. The van der Waals surface area contributed by atoms with Crippen LogP contribution in [0, 0.1) is 6.92 Å². The molecule has 1 aliphatic rings. The SMILES string of the molecule is Cc1cccc(CBr)c1OCc1ccc2c(c1)CCC2. The molecule has 2 heteroatoms. The zero-order valence-corrected chi connectivity index (χ0v) is 13.4. The molecule has 104 valence electrons. The second-order valence-corrected chi connectivity index (χ2v) is 6.00. The Morgan fingerprint density at radius 1 is 1.10 bits per heavy atom. The predicted octanol–water partition coefficient (Wildman–Crippen LogP) is 4.96. The van der Waals surface area contributed by atoms with Crippen LogP contribution < -0.4 is 4.74 Å². The van der Waals surface area contributed by atoms with Crippen molar-refractivity contribution >= 4 is 15.9 Å². The number of fused-ring (bicyclic) bond motifs is 1. The number of benzene rings is 2. The average Bonchev–Trinajstić information content (AvgIpc) is 2.93. The van der Waals surface area contributed by atoms with Crippen LogP contribution >= 0.6 is 15.9 Å². The quantitative estimate of drug-likeness (QED) is 0.720. The molecule has 2 aromatic carbocycles. The van der Waals surface area contributed by atoms with Crippen LogP contribution in [0.3, 0.4) is 0 Å². The first-order valence-electron chi connectivity index (χ1n) is 7.16. The van der Waals surface area contributed by atoms with E-state index in [0.717, 1.165) is 11.1 Å². The molecule has 0 heterocycles. The van der Waals surface area contributed by atoms with Crippen molar-refractivity contribution < 1.29 is 4.74 Å². The summed E-state index contributed by atoms with van der Waals surface area (Å²) in [5, 5.41) is 0.828. The van der Waals surface area contributed by atoms with Crippen molar-refractivity contribution in [2.24, 2.45) is 0 Å². The molecule has 1 aliphatic carbocycles. The van der Waals surface area contributed by atoms with Crippen molar-refractivity contribution in [2.75, 3.05) is 0 Å². The van der Waals surface area contributed by atoms with E-state index in [-0.39, 0.29) is 0 Å². The lowest BCUT2D eigenvalue weighted by Crippen LogP contribution is -2.00. The van der Waals surface area contributed by atoms with Crippen molar-refractivity contribution in [2.45, 2.75) is 38.1 Å². The van der Waals surface area contributed by atoms with Crippen LogP contribution in [-0.4, -0.2) is 0 Å². The Labute approximate surface area is 129 Å². The van der Waals surface area contributed by atoms with E-state index >= 15 is 0 Å². The Bertz CT molecular complexity index is 619. The van der Waals surface area contributed by atoms with Gasteiger partial charge in [0.05, 0.1) is 0 Å². The molecule has 0 spiro atoms. The van der Waals surface area contributed by atoms with E-state index in [0.29, 0.717) is 6.61 Å². The Morgan fingerprint density at radius 2 is 1.95 bits per heavy atom. The molecule has 20 heavy (non-hydrogen) atoms. The Balaban J connectivity index is 1.77. The van der Waals surface area contributed by atoms with Crippen LogP contribution in [0.4, 0.5) is 0 Å². The fourth-order valence-corrected chi connectivity index (χ4v) is 3.34. The standard InChI is InChI=1S/C18H19BrO/c1-13-4-2-7-17(11-19)18(13)20-12-14-8-9-15-5-3-6-16(15)10-14/h2,4,7-10H,3,5-6,11-12H2,1H3. The summed E-state index contributed by atoms with van der Waals surface area (Å²) in [7, 11) is 0. The molecule has 2 aromatic rings. The summed E-state index contributed by atoms with van der Waals surface area (Å²) in [5.41, 5.74) is 6.71. The van der Waals surface area contributed by atoms with Crippen molar-refractivity contribution in [1.82, 2.24) is 0 Å². The zero-order chi connectivity index (χ0) is 13.9. The molecule has 0 saturated carbocycles. The van der Waals surface area contributed by atoms with Crippen molar-refractivity contribution in [1.29, 1.82) is 0 Å². The summed E-state index contributed by atoms with van der Waals surface area (Å²) in [6.07, 6.45) is 3.76. The van der Waals surface area contributed by atoms with Crippen molar-refractivity contribution in [3.8, 4) is 5.75 Å².